The van der Waals surface area contributed by atoms with Crippen LogP contribution >= 0.6 is 0 Å². The molecule has 0 radical (unpaired) electrons. The van der Waals surface area contributed by atoms with Crippen LogP contribution in [0.2, 0.25) is 0 Å². The van der Waals surface area contributed by atoms with Gasteiger partial charge in [0.05, 0.1) is 0 Å². The van der Waals surface area contributed by atoms with Crippen molar-refractivity contribution in [2.45, 2.75) is 83.1 Å². The molecule has 6 rings (SSSR count). The van der Waals surface area contributed by atoms with Crippen LogP contribution in [0.15, 0.2) is 96.9 Å². The fraction of sp³-hybridized carbons (Fsp3) is 0.240. The highest BCUT2D eigenvalue weighted by Crippen LogP contribution is 2.26. The second kappa shape index (κ2) is 15.0. The van der Waals surface area contributed by atoms with Crippen molar-refractivity contribution in [3.63, 3.8) is 0 Å². The predicted molar refractivity (Wildman–Crippen MR) is 235 cm³/mol. The predicted octanol–water partition coefficient (Wildman–Crippen LogP) is 10.3. The van der Waals surface area contributed by atoms with Crippen LogP contribution in [0.25, 0.3) is 22.9 Å². The molecule has 0 atom stereocenters. The van der Waals surface area contributed by atoms with Crippen LogP contribution in [-0.4, -0.2) is 13.4 Å². The summed E-state index contributed by atoms with van der Waals surface area (Å²) < 4.78 is 0. The van der Waals surface area contributed by atoms with Crippen molar-refractivity contribution in [2.24, 2.45) is 0 Å². The fourth-order valence-corrected chi connectivity index (χ4v) is 9.44. The topological polar surface area (TPSA) is 0 Å². The second-order valence-corrected chi connectivity index (χ2v) is 15.7. The Labute approximate surface area is 314 Å². The first-order valence-corrected chi connectivity index (χ1v) is 18.9. The summed E-state index contributed by atoms with van der Waals surface area (Å²) in [5, 5.41) is 2.55. The van der Waals surface area contributed by atoms with Crippen molar-refractivity contribution >= 4 is 58.2 Å². The van der Waals surface area contributed by atoms with E-state index in [-0.39, 0.29) is 13.4 Å². The first-order chi connectivity index (χ1) is 24.7. The molecule has 0 unspecified atom stereocenters. The Hall–Kier alpha value is -4.81. The van der Waals surface area contributed by atoms with E-state index in [4.69, 9.17) is 0 Å². The molecule has 0 heterocycles. The van der Waals surface area contributed by atoms with Crippen LogP contribution in [0.1, 0.15) is 77.9 Å². The standard InChI is InChI=1S/C50H54B2/c1-31-23-35(5)47(36(6)24-31)51(48-37(7)25-32(2)26-38(48)8)21-19-43-17-18-44(46-16-14-13-15-45(43)46)20-22-52(49-39(9)27-33(3)28-40(49)10)50-41(11)29-34(4)30-42(50)12/h13-30H,1-12H3/b21-19+,22-20+. The molecule has 0 aliphatic carbocycles. The Bertz CT molecular complexity index is 2010. The highest BCUT2D eigenvalue weighted by Gasteiger charge is 2.26. The number of aryl methyl sites for hydroxylation is 12. The smallest absolute Gasteiger partial charge is 0.105 e. The average Bonchev–Trinajstić information content (AvgIpc) is 3.04. The van der Waals surface area contributed by atoms with E-state index in [1.807, 2.05) is 0 Å². The molecular weight excluding hydrogens is 622 g/mol. The second-order valence-electron chi connectivity index (χ2n) is 15.7. The van der Waals surface area contributed by atoms with Gasteiger partial charge in [-0.25, -0.2) is 0 Å². The molecule has 6 aromatic carbocycles. The summed E-state index contributed by atoms with van der Waals surface area (Å²) >= 11 is 0. The Balaban J connectivity index is 1.48. The van der Waals surface area contributed by atoms with Crippen LogP contribution in [0.5, 0.6) is 0 Å². The molecule has 0 amide bonds. The molecule has 0 fully saturated rings. The molecule has 6 aromatic rings. The average molecular weight is 677 g/mol. The van der Waals surface area contributed by atoms with Gasteiger partial charge in [0.1, 0.15) is 0 Å². The van der Waals surface area contributed by atoms with Crippen molar-refractivity contribution in [2.75, 3.05) is 0 Å². The number of fused-ring (bicyclic) bond motifs is 1. The minimum atomic E-state index is 0.155. The Morgan fingerprint density at radius 2 is 0.558 bits per heavy atom. The van der Waals surface area contributed by atoms with Gasteiger partial charge >= 0.3 is 0 Å². The largest absolute Gasteiger partial charge is 0.235 e. The molecule has 2 heteroatoms. The van der Waals surface area contributed by atoms with Gasteiger partial charge in [-0.05, 0) is 105 Å². The molecule has 0 bridgehead atoms. The summed E-state index contributed by atoms with van der Waals surface area (Å²) in [5.74, 6) is 4.91. The van der Waals surface area contributed by atoms with E-state index < -0.39 is 0 Å². The molecule has 0 N–H and O–H groups in total. The van der Waals surface area contributed by atoms with E-state index in [2.05, 4.69) is 192 Å². The Morgan fingerprint density at radius 1 is 0.327 bits per heavy atom. The lowest BCUT2D eigenvalue weighted by Gasteiger charge is -2.22. The summed E-state index contributed by atoms with van der Waals surface area (Å²) in [5.41, 5.74) is 24.2. The highest BCUT2D eigenvalue weighted by atomic mass is 14.1. The molecule has 260 valence electrons. The van der Waals surface area contributed by atoms with Crippen molar-refractivity contribution in [1.29, 1.82) is 0 Å². The molecule has 52 heavy (non-hydrogen) atoms. The molecule has 0 saturated carbocycles. The van der Waals surface area contributed by atoms with Crippen LogP contribution in [0.3, 0.4) is 0 Å². The monoisotopic (exact) mass is 676 g/mol. The maximum Gasteiger partial charge on any atom is 0.235 e. The third-order valence-corrected chi connectivity index (χ3v) is 11.1. The summed E-state index contributed by atoms with van der Waals surface area (Å²) in [7, 11) is 0. The number of benzene rings is 6. The third-order valence-electron chi connectivity index (χ3n) is 11.1. The molecule has 0 spiro atoms. The normalized spacial score (nSPS) is 11.7. The SMILES string of the molecule is Cc1cc(C)c(B(/C=C/c2ccc(/C=C/B(c3c(C)cc(C)cc3C)c3c(C)cc(C)cc3C)c3ccccc23)c2c(C)cc(C)cc2C)c(C)c1. The quantitative estimate of drug-likeness (QED) is 0.141. The molecular formula is C50H54B2. The van der Waals surface area contributed by atoms with E-state index in [0.717, 1.165) is 0 Å². The molecule has 0 aromatic heterocycles. The van der Waals surface area contributed by atoms with Crippen molar-refractivity contribution in [1.82, 2.24) is 0 Å². The van der Waals surface area contributed by atoms with Gasteiger partial charge in [-0.15, -0.1) is 12.0 Å². The van der Waals surface area contributed by atoms with Crippen LogP contribution in [0, 0.1) is 83.1 Å². The summed E-state index contributed by atoms with van der Waals surface area (Å²) in [6.07, 6.45) is 4.75. The van der Waals surface area contributed by atoms with E-state index in [0.29, 0.717) is 0 Å². The maximum absolute atomic E-state index is 2.45. The first-order valence-electron chi connectivity index (χ1n) is 18.9. The van der Waals surface area contributed by atoms with E-state index in [1.165, 1.54) is 111 Å². The van der Waals surface area contributed by atoms with Gasteiger partial charge in [0.2, 0.25) is 13.4 Å². The zero-order chi connectivity index (χ0) is 37.4. The molecule has 0 nitrogen and oxygen atoms in total. The molecule has 0 saturated heterocycles. The Morgan fingerprint density at radius 3 is 0.788 bits per heavy atom. The van der Waals surface area contributed by atoms with Gasteiger partial charge in [-0.3, -0.25) is 0 Å². The van der Waals surface area contributed by atoms with Crippen LogP contribution < -0.4 is 21.9 Å². The number of hydrogen-bond acceptors (Lipinski definition) is 0. The van der Waals surface area contributed by atoms with Gasteiger partial charge in [-0.1, -0.05) is 186 Å². The van der Waals surface area contributed by atoms with Gasteiger partial charge in [0, 0.05) is 0 Å². The minimum Gasteiger partial charge on any atom is -0.105 e. The first kappa shape index (κ1) is 37.0. The minimum absolute atomic E-state index is 0.155. The van der Waals surface area contributed by atoms with Crippen LogP contribution in [0.4, 0.5) is 0 Å². The number of rotatable bonds is 8. The third kappa shape index (κ3) is 7.40. The Kier molecular flexibility index (Phi) is 10.7. The lowest BCUT2D eigenvalue weighted by molar-refractivity contribution is 1.34. The van der Waals surface area contributed by atoms with Gasteiger partial charge < -0.3 is 0 Å². The zero-order valence-corrected chi connectivity index (χ0v) is 33.5. The van der Waals surface area contributed by atoms with Gasteiger partial charge in [-0.2, -0.15) is 0 Å². The summed E-state index contributed by atoms with van der Waals surface area (Å²) in [4.78, 5) is 0. The van der Waals surface area contributed by atoms with Crippen molar-refractivity contribution < 1.29 is 0 Å². The summed E-state index contributed by atoms with van der Waals surface area (Å²) in [6, 6.07) is 32.3. The lowest BCUT2D eigenvalue weighted by atomic mass is 9.37. The maximum atomic E-state index is 2.45. The summed E-state index contributed by atoms with van der Waals surface area (Å²) in [6.45, 7) is 27.3. The zero-order valence-electron chi connectivity index (χ0n) is 33.5. The van der Waals surface area contributed by atoms with Gasteiger partial charge in [0.15, 0.2) is 0 Å². The number of hydrogen-bond donors (Lipinski definition) is 0. The molecule has 0 aliphatic rings. The lowest BCUT2D eigenvalue weighted by Crippen LogP contribution is -2.46. The molecule has 0 aliphatic heterocycles. The van der Waals surface area contributed by atoms with Crippen molar-refractivity contribution in [3.8, 4) is 0 Å². The van der Waals surface area contributed by atoms with E-state index in [1.54, 1.807) is 0 Å². The van der Waals surface area contributed by atoms with Gasteiger partial charge in [0.25, 0.3) is 0 Å². The van der Waals surface area contributed by atoms with Crippen molar-refractivity contribution in [3.05, 3.63) is 175 Å². The van der Waals surface area contributed by atoms with E-state index >= 15 is 0 Å². The fourth-order valence-electron chi connectivity index (χ4n) is 9.44. The highest BCUT2D eigenvalue weighted by molar-refractivity contribution is 6.91. The van der Waals surface area contributed by atoms with E-state index in [9.17, 15) is 0 Å². The van der Waals surface area contributed by atoms with Crippen LogP contribution in [-0.2, 0) is 0 Å².